The molecule has 2 aliphatic carbocycles. The van der Waals surface area contributed by atoms with Crippen molar-refractivity contribution in [3.8, 4) is 5.75 Å². The van der Waals surface area contributed by atoms with E-state index in [-0.39, 0.29) is 16.7 Å². The topological polar surface area (TPSA) is 38.3 Å². The molecule has 3 nitrogen and oxygen atoms in total. The van der Waals surface area contributed by atoms with Crippen LogP contribution in [0.1, 0.15) is 49.0 Å². The minimum Gasteiger partial charge on any atom is -0.497 e. The molecule has 0 radical (unpaired) electrons. The first-order valence-electron chi connectivity index (χ1n) is 9.15. The van der Waals surface area contributed by atoms with E-state index in [9.17, 15) is 4.79 Å². The molecule has 25 heavy (non-hydrogen) atoms. The Kier molecular flexibility index (Phi) is 4.32. The highest BCUT2D eigenvalue weighted by Gasteiger charge is 2.52. The molecule has 0 atom stereocenters. The van der Waals surface area contributed by atoms with Crippen LogP contribution in [0.5, 0.6) is 5.75 Å². The van der Waals surface area contributed by atoms with Crippen molar-refractivity contribution in [2.24, 2.45) is 0 Å². The Hall–Kier alpha value is -1.81. The predicted octanol–water partition coefficient (Wildman–Crippen LogP) is 4.42. The number of rotatable bonds is 6. The Balaban J connectivity index is 1.50. The summed E-state index contributed by atoms with van der Waals surface area (Å²) < 4.78 is 5.29. The smallest absolute Gasteiger partial charge is 0.231 e. The monoisotopic (exact) mass is 355 g/mol. The van der Waals surface area contributed by atoms with Crippen LogP contribution in [0.25, 0.3) is 0 Å². The Morgan fingerprint density at radius 2 is 1.84 bits per heavy atom. The third-order valence-electron chi connectivity index (χ3n) is 6.03. The molecule has 2 aromatic rings. The molecule has 1 N–H and O–H groups in total. The molecule has 2 saturated carbocycles. The van der Waals surface area contributed by atoms with E-state index in [1.807, 2.05) is 18.2 Å². The maximum atomic E-state index is 12.9. The molecular formula is C21H25NO2S. The lowest BCUT2D eigenvalue weighted by Crippen LogP contribution is -2.43. The van der Waals surface area contributed by atoms with Gasteiger partial charge in [0.2, 0.25) is 5.91 Å². The van der Waals surface area contributed by atoms with Crippen molar-refractivity contribution >= 4 is 17.2 Å². The summed E-state index contributed by atoms with van der Waals surface area (Å²) in [5, 5.41) is 5.39. The molecule has 2 aliphatic rings. The second-order valence-electron chi connectivity index (χ2n) is 7.46. The normalized spacial score (nSPS) is 20.2. The molecular weight excluding hydrogens is 330 g/mol. The van der Waals surface area contributed by atoms with Crippen molar-refractivity contribution in [3.63, 3.8) is 0 Å². The SMILES string of the molecule is COc1ccc(C2(CNC(=O)C3(c4cccs4)CC3)CCCC2)cc1. The van der Waals surface area contributed by atoms with E-state index < -0.39 is 0 Å². The number of carbonyl (C=O) groups excluding carboxylic acids is 1. The molecule has 0 aliphatic heterocycles. The van der Waals surface area contributed by atoms with Gasteiger partial charge in [0.15, 0.2) is 0 Å². The van der Waals surface area contributed by atoms with E-state index in [1.54, 1.807) is 18.4 Å². The number of methoxy groups -OCH3 is 1. The summed E-state index contributed by atoms with van der Waals surface area (Å²) >= 11 is 1.70. The highest BCUT2D eigenvalue weighted by atomic mass is 32.1. The molecule has 1 amide bonds. The highest BCUT2D eigenvalue weighted by molar-refractivity contribution is 7.10. The van der Waals surface area contributed by atoms with Gasteiger partial charge >= 0.3 is 0 Å². The second kappa shape index (κ2) is 6.49. The van der Waals surface area contributed by atoms with Crippen molar-refractivity contribution in [2.45, 2.75) is 49.4 Å². The lowest BCUT2D eigenvalue weighted by Gasteiger charge is -2.31. The van der Waals surface area contributed by atoms with E-state index >= 15 is 0 Å². The first kappa shape index (κ1) is 16.6. The van der Waals surface area contributed by atoms with Crippen LogP contribution in [0.15, 0.2) is 41.8 Å². The fourth-order valence-corrected chi connectivity index (χ4v) is 5.23. The number of thiophene rings is 1. The van der Waals surface area contributed by atoms with Gasteiger partial charge in [0.1, 0.15) is 5.75 Å². The Bertz CT molecular complexity index is 726. The Morgan fingerprint density at radius 3 is 2.40 bits per heavy atom. The standard InChI is InChI=1S/C21H25NO2S/c1-24-17-8-6-16(7-9-17)20(10-2-3-11-20)15-22-19(23)21(12-13-21)18-5-4-14-25-18/h4-9,14H,2-3,10-13,15H2,1H3,(H,22,23). The molecule has 1 aromatic carbocycles. The Morgan fingerprint density at radius 1 is 1.12 bits per heavy atom. The third-order valence-corrected chi connectivity index (χ3v) is 7.10. The molecule has 4 heteroatoms. The van der Waals surface area contributed by atoms with Crippen molar-refractivity contribution in [2.75, 3.05) is 13.7 Å². The van der Waals surface area contributed by atoms with Crippen LogP contribution in [0, 0.1) is 0 Å². The molecule has 0 unspecified atom stereocenters. The molecule has 1 aromatic heterocycles. The van der Waals surface area contributed by atoms with Crippen molar-refractivity contribution in [3.05, 3.63) is 52.2 Å². The zero-order chi connectivity index (χ0) is 17.3. The van der Waals surface area contributed by atoms with Crippen molar-refractivity contribution in [1.82, 2.24) is 5.32 Å². The van der Waals surface area contributed by atoms with Gasteiger partial charge in [-0.25, -0.2) is 0 Å². The van der Waals surface area contributed by atoms with Crippen molar-refractivity contribution in [1.29, 1.82) is 0 Å². The van der Waals surface area contributed by atoms with E-state index in [0.717, 1.165) is 38.0 Å². The van der Waals surface area contributed by atoms with E-state index in [4.69, 9.17) is 4.74 Å². The minimum atomic E-state index is -0.242. The lowest BCUT2D eigenvalue weighted by molar-refractivity contribution is -0.123. The zero-order valence-electron chi connectivity index (χ0n) is 14.7. The van der Waals surface area contributed by atoms with Crippen LogP contribution >= 0.6 is 11.3 Å². The summed E-state index contributed by atoms with van der Waals surface area (Å²) in [6.07, 6.45) is 6.72. The van der Waals surface area contributed by atoms with Crippen LogP contribution in [0.4, 0.5) is 0 Å². The van der Waals surface area contributed by atoms with Crippen LogP contribution in [-0.4, -0.2) is 19.6 Å². The molecule has 0 bridgehead atoms. The van der Waals surface area contributed by atoms with E-state index in [2.05, 4.69) is 28.9 Å². The number of hydrogen-bond acceptors (Lipinski definition) is 3. The van der Waals surface area contributed by atoms with Gasteiger partial charge in [-0.2, -0.15) is 0 Å². The fraction of sp³-hybridized carbons (Fsp3) is 0.476. The molecule has 1 heterocycles. The summed E-state index contributed by atoms with van der Waals surface area (Å²) in [4.78, 5) is 14.1. The van der Waals surface area contributed by atoms with Crippen LogP contribution in [-0.2, 0) is 15.6 Å². The van der Waals surface area contributed by atoms with Gasteiger partial charge < -0.3 is 10.1 Å². The zero-order valence-corrected chi connectivity index (χ0v) is 15.5. The number of benzene rings is 1. The fourth-order valence-electron chi connectivity index (χ4n) is 4.24. The quantitative estimate of drug-likeness (QED) is 0.833. The van der Waals surface area contributed by atoms with E-state index in [0.29, 0.717) is 0 Å². The highest BCUT2D eigenvalue weighted by Crippen LogP contribution is 2.50. The molecule has 132 valence electrons. The van der Waals surface area contributed by atoms with Gasteiger partial charge in [-0.3, -0.25) is 4.79 Å². The van der Waals surface area contributed by atoms with Crippen LogP contribution in [0.2, 0.25) is 0 Å². The van der Waals surface area contributed by atoms with Crippen LogP contribution < -0.4 is 10.1 Å². The van der Waals surface area contributed by atoms with Crippen LogP contribution in [0.3, 0.4) is 0 Å². The summed E-state index contributed by atoms with van der Waals surface area (Å²) in [6.45, 7) is 0.741. The van der Waals surface area contributed by atoms with Crippen molar-refractivity contribution < 1.29 is 9.53 Å². The third kappa shape index (κ3) is 2.97. The maximum absolute atomic E-state index is 12.9. The van der Waals surface area contributed by atoms with Gasteiger partial charge in [-0.05, 0) is 54.8 Å². The molecule has 0 spiro atoms. The molecule has 0 saturated heterocycles. The summed E-state index contributed by atoms with van der Waals surface area (Å²) in [6, 6.07) is 12.6. The van der Waals surface area contributed by atoms with Gasteiger partial charge in [0.05, 0.1) is 12.5 Å². The van der Waals surface area contributed by atoms with Gasteiger partial charge in [0, 0.05) is 16.8 Å². The number of hydrogen-bond donors (Lipinski definition) is 1. The number of carbonyl (C=O) groups is 1. The van der Waals surface area contributed by atoms with Gasteiger partial charge in [-0.15, -0.1) is 11.3 Å². The average Bonchev–Trinajstić information content (AvgIpc) is 3.08. The number of ether oxygens (including phenoxy) is 1. The number of amides is 1. The number of nitrogens with one attached hydrogen (secondary N) is 1. The maximum Gasteiger partial charge on any atom is 0.231 e. The summed E-state index contributed by atoms with van der Waals surface area (Å²) in [5.41, 5.74) is 1.16. The Labute approximate surface area is 153 Å². The van der Waals surface area contributed by atoms with E-state index in [1.165, 1.54) is 23.3 Å². The minimum absolute atomic E-state index is 0.0768. The van der Waals surface area contributed by atoms with Gasteiger partial charge in [0.25, 0.3) is 0 Å². The largest absolute Gasteiger partial charge is 0.497 e. The lowest BCUT2D eigenvalue weighted by atomic mass is 9.78. The predicted molar refractivity (Wildman–Crippen MR) is 101 cm³/mol. The second-order valence-corrected chi connectivity index (χ2v) is 8.41. The summed E-state index contributed by atoms with van der Waals surface area (Å²) in [5.74, 6) is 1.10. The first-order chi connectivity index (χ1) is 12.2. The molecule has 4 rings (SSSR count). The molecule has 2 fully saturated rings. The first-order valence-corrected chi connectivity index (χ1v) is 10.0. The van der Waals surface area contributed by atoms with Gasteiger partial charge in [-0.1, -0.05) is 31.0 Å². The average molecular weight is 356 g/mol. The summed E-state index contributed by atoms with van der Waals surface area (Å²) in [7, 11) is 1.69.